The summed E-state index contributed by atoms with van der Waals surface area (Å²) in [6, 6.07) is 5.99. The van der Waals surface area contributed by atoms with Gasteiger partial charge in [0.1, 0.15) is 0 Å². The molecule has 1 aromatic carbocycles. The van der Waals surface area contributed by atoms with Gasteiger partial charge in [0.25, 0.3) is 5.91 Å². The lowest BCUT2D eigenvalue weighted by Crippen LogP contribution is -2.28. The van der Waals surface area contributed by atoms with Crippen LogP contribution in [0.2, 0.25) is 0 Å². The summed E-state index contributed by atoms with van der Waals surface area (Å²) in [7, 11) is 1.66. The zero-order valence-electron chi connectivity index (χ0n) is 9.93. The van der Waals surface area contributed by atoms with Crippen molar-refractivity contribution in [3.05, 3.63) is 47.5 Å². The highest BCUT2D eigenvalue weighted by Crippen LogP contribution is 2.08. The van der Waals surface area contributed by atoms with Crippen LogP contribution in [-0.4, -0.2) is 35.5 Å². The van der Waals surface area contributed by atoms with Crippen LogP contribution in [0.15, 0.2) is 36.4 Å². The van der Waals surface area contributed by atoms with E-state index >= 15 is 0 Å². The number of carboxylic acids is 1. The highest BCUT2D eigenvalue weighted by Gasteiger charge is 2.13. The smallest absolute Gasteiger partial charge is 0.335 e. The lowest BCUT2D eigenvalue weighted by atomic mass is 10.1. The standard InChI is InChI=1S/C13H15NO3/c1-9(2)8-14(3)12(15)10-5-4-6-11(7-10)13(16)17/h4-7H,1,8H2,2-3H3,(H,16,17). The summed E-state index contributed by atoms with van der Waals surface area (Å²) >= 11 is 0. The maximum absolute atomic E-state index is 11.9. The Labute approximate surface area is 100 Å². The van der Waals surface area contributed by atoms with Crippen LogP contribution in [0.4, 0.5) is 0 Å². The van der Waals surface area contributed by atoms with E-state index in [1.54, 1.807) is 19.2 Å². The van der Waals surface area contributed by atoms with Gasteiger partial charge in [0.05, 0.1) is 5.56 Å². The van der Waals surface area contributed by atoms with Gasteiger partial charge in [-0.25, -0.2) is 4.79 Å². The molecule has 0 aliphatic carbocycles. The van der Waals surface area contributed by atoms with Crippen molar-refractivity contribution in [1.82, 2.24) is 4.90 Å². The second-order valence-corrected chi connectivity index (χ2v) is 4.00. The third-order valence-electron chi connectivity index (χ3n) is 2.21. The molecule has 0 aliphatic heterocycles. The van der Waals surface area contributed by atoms with Crippen molar-refractivity contribution in [2.75, 3.05) is 13.6 Å². The van der Waals surface area contributed by atoms with Crippen molar-refractivity contribution < 1.29 is 14.7 Å². The fourth-order valence-electron chi connectivity index (χ4n) is 1.48. The van der Waals surface area contributed by atoms with E-state index in [1.165, 1.54) is 17.0 Å². The van der Waals surface area contributed by atoms with Gasteiger partial charge in [0.15, 0.2) is 0 Å². The van der Waals surface area contributed by atoms with Crippen LogP contribution >= 0.6 is 0 Å². The van der Waals surface area contributed by atoms with Gasteiger partial charge in [-0.1, -0.05) is 18.2 Å². The predicted molar refractivity (Wildman–Crippen MR) is 65.2 cm³/mol. The Kier molecular flexibility index (Phi) is 4.04. The number of hydrogen-bond donors (Lipinski definition) is 1. The molecule has 1 amide bonds. The molecule has 4 nitrogen and oxygen atoms in total. The van der Waals surface area contributed by atoms with E-state index < -0.39 is 5.97 Å². The summed E-state index contributed by atoms with van der Waals surface area (Å²) in [6.07, 6.45) is 0. The summed E-state index contributed by atoms with van der Waals surface area (Å²) in [4.78, 5) is 24.2. The van der Waals surface area contributed by atoms with E-state index in [1.807, 2.05) is 6.92 Å². The third kappa shape index (κ3) is 3.45. The van der Waals surface area contributed by atoms with Gasteiger partial charge in [-0.3, -0.25) is 4.79 Å². The molecule has 0 radical (unpaired) electrons. The van der Waals surface area contributed by atoms with Crippen molar-refractivity contribution in [2.45, 2.75) is 6.92 Å². The number of rotatable bonds is 4. The van der Waals surface area contributed by atoms with E-state index in [9.17, 15) is 9.59 Å². The fraction of sp³-hybridized carbons (Fsp3) is 0.231. The highest BCUT2D eigenvalue weighted by atomic mass is 16.4. The van der Waals surface area contributed by atoms with Crippen molar-refractivity contribution >= 4 is 11.9 Å². The minimum absolute atomic E-state index is 0.111. The normalized spacial score (nSPS) is 9.76. The third-order valence-corrected chi connectivity index (χ3v) is 2.21. The molecule has 0 atom stereocenters. The van der Waals surface area contributed by atoms with Gasteiger partial charge < -0.3 is 10.0 Å². The molecule has 0 saturated heterocycles. The molecule has 0 bridgehead atoms. The average Bonchev–Trinajstić information content (AvgIpc) is 2.27. The molecule has 1 aromatic rings. The van der Waals surface area contributed by atoms with E-state index in [4.69, 9.17) is 5.11 Å². The first kappa shape index (κ1) is 13.0. The van der Waals surface area contributed by atoms with E-state index in [0.717, 1.165) is 5.57 Å². The number of carbonyl (C=O) groups excluding carboxylic acids is 1. The minimum atomic E-state index is -1.04. The van der Waals surface area contributed by atoms with Crippen LogP contribution in [0.1, 0.15) is 27.6 Å². The van der Waals surface area contributed by atoms with Crippen molar-refractivity contribution in [3.8, 4) is 0 Å². The number of likely N-dealkylation sites (N-methyl/N-ethyl adjacent to an activating group) is 1. The highest BCUT2D eigenvalue weighted by molar-refractivity contribution is 5.97. The first-order valence-electron chi connectivity index (χ1n) is 5.15. The van der Waals surface area contributed by atoms with Gasteiger partial charge in [0.2, 0.25) is 0 Å². The number of amides is 1. The molecule has 0 aromatic heterocycles. The SMILES string of the molecule is C=C(C)CN(C)C(=O)c1cccc(C(=O)O)c1. The first-order valence-corrected chi connectivity index (χ1v) is 5.15. The largest absolute Gasteiger partial charge is 0.478 e. The van der Waals surface area contributed by atoms with Crippen LogP contribution in [0.5, 0.6) is 0 Å². The van der Waals surface area contributed by atoms with Gasteiger partial charge in [0, 0.05) is 19.2 Å². The fourth-order valence-corrected chi connectivity index (χ4v) is 1.48. The van der Waals surface area contributed by atoms with Crippen molar-refractivity contribution in [2.24, 2.45) is 0 Å². The maximum atomic E-state index is 11.9. The van der Waals surface area contributed by atoms with E-state index in [0.29, 0.717) is 12.1 Å². The molecular weight excluding hydrogens is 218 g/mol. The monoisotopic (exact) mass is 233 g/mol. The lowest BCUT2D eigenvalue weighted by molar-refractivity contribution is 0.0697. The summed E-state index contributed by atoms with van der Waals surface area (Å²) in [5.74, 6) is -1.25. The molecule has 17 heavy (non-hydrogen) atoms. The Morgan fingerprint density at radius 1 is 1.35 bits per heavy atom. The number of aromatic carboxylic acids is 1. The Morgan fingerprint density at radius 2 is 1.94 bits per heavy atom. The van der Waals surface area contributed by atoms with Crippen molar-refractivity contribution in [1.29, 1.82) is 0 Å². The maximum Gasteiger partial charge on any atom is 0.335 e. The Hall–Kier alpha value is -2.10. The second-order valence-electron chi connectivity index (χ2n) is 4.00. The number of nitrogens with zero attached hydrogens (tertiary/aromatic N) is 1. The second kappa shape index (κ2) is 5.30. The molecule has 4 heteroatoms. The zero-order valence-corrected chi connectivity index (χ0v) is 9.93. The Bertz CT molecular complexity index is 465. The van der Waals surface area contributed by atoms with Crippen LogP contribution < -0.4 is 0 Å². The Balaban J connectivity index is 2.92. The summed E-state index contributed by atoms with van der Waals surface area (Å²) in [5.41, 5.74) is 1.35. The molecule has 0 saturated carbocycles. The van der Waals surface area contributed by atoms with Crippen LogP contribution in [-0.2, 0) is 0 Å². The summed E-state index contributed by atoms with van der Waals surface area (Å²) < 4.78 is 0. The predicted octanol–water partition coefficient (Wildman–Crippen LogP) is 2.03. The molecule has 0 unspecified atom stereocenters. The minimum Gasteiger partial charge on any atom is -0.478 e. The summed E-state index contributed by atoms with van der Waals surface area (Å²) in [5, 5.41) is 8.84. The zero-order chi connectivity index (χ0) is 13.0. The molecule has 90 valence electrons. The number of carboxylic acid groups (broad SMARTS) is 1. The average molecular weight is 233 g/mol. The van der Waals surface area contributed by atoms with Gasteiger partial charge in [-0.05, 0) is 25.1 Å². The van der Waals surface area contributed by atoms with Gasteiger partial charge >= 0.3 is 5.97 Å². The summed E-state index contributed by atoms with van der Waals surface area (Å²) in [6.45, 7) is 6.01. The van der Waals surface area contributed by atoms with Gasteiger partial charge in [-0.2, -0.15) is 0 Å². The molecular formula is C13H15NO3. The lowest BCUT2D eigenvalue weighted by Gasteiger charge is -2.17. The Morgan fingerprint density at radius 3 is 2.47 bits per heavy atom. The number of benzene rings is 1. The van der Waals surface area contributed by atoms with Crippen LogP contribution in [0.3, 0.4) is 0 Å². The number of carbonyl (C=O) groups is 2. The number of hydrogen-bond acceptors (Lipinski definition) is 2. The van der Waals surface area contributed by atoms with Crippen molar-refractivity contribution in [3.63, 3.8) is 0 Å². The molecule has 1 rings (SSSR count). The van der Waals surface area contributed by atoms with Crippen LogP contribution in [0, 0.1) is 0 Å². The van der Waals surface area contributed by atoms with Crippen LogP contribution in [0.25, 0.3) is 0 Å². The molecule has 0 spiro atoms. The quantitative estimate of drug-likeness (QED) is 0.809. The van der Waals surface area contributed by atoms with E-state index in [-0.39, 0.29) is 11.5 Å². The molecule has 0 fully saturated rings. The molecule has 1 N–H and O–H groups in total. The first-order chi connectivity index (χ1) is 7.91. The van der Waals surface area contributed by atoms with Gasteiger partial charge in [-0.15, -0.1) is 0 Å². The topological polar surface area (TPSA) is 57.6 Å². The molecule has 0 aliphatic rings. The van der Waals surface area contributed by atoms with E-state index in [2.05, 4.69) is 6.58 Å². The molecule has 0 heterocycles.